The van der Waals surface area contributed by atoms with Crippen LogP contribution in [0.25, 0.3) is 0 Å². The highest BCUT2D eigenvalue weighted by Gasteiger charge is 2.42. The van der Waals surface area contributed by atoms with Crippen LogP contribution in [0.3, 0.4) is 0 Å². The van der Waals surface area contributed by atoms with Crippen molar-refractivity contribution in [3.8, 4) is 0 Å². The molecule has 0 saturated carbocycles. The van der Waals surface area contributed by atoms with Crippen LogP contribution in [0.1, 0.15) is 57.8 Å². The van der Waals surface area contributed by atoms with Crippen molar-refractivity contribution in [2.45, 2.75) is 75.1 Å². The van der Waals surface area contributed by atoms with E-state index < -0.39 is 23.7 Å². The first-order valence-corrected chi connectivity index (χ1v) is 12.0. The van der Waals surface area contributed by atoms with Crippen molar-refractivity contribution in [3.63, 3.8) is 0 Å². The predicted molar refractivity (Wildman–Crippen MR) is 116 cm³/mol. The molecule has 4 atom stereocenters. The van der Waals surface area contributed by atoms with E-state index in [9.17, 15) is 29.1 Å². The summed E-state index contributed by atoms with van der Waals surface area (Å²) in [5.74, 6) is -2.17. The average Bonchev–Trinajstić information content (AvgIpc) is 3.39. The Labute approximate surface area is 190 Å². The number of amides is 4. The van der Waals surface area contributed by atoms with Crippen molar-refractivity contribution >= 4 is 41.4 Å². The first-order valence-electron chi connectivity index (χ1n) is 10.9. The van der Waals surface area contributed by atoms with Crippen LogP contribution in [0, 0.1) is 5.92 Å². The van der Waals surface area contributed by atoms with Crippen LogP contribution >= 0.6 is 11.8 Å². The number of Topliss-reactive ketones (excluding diaryl/α,β-unsaturated/α-hetero) is 1. The summed E-state index contributed by atoms with van der Waals surface area (Å²) in [5.41, 5.74) is 5.41. The minimum atomic E-state index is -1.02. The molecular formula is C20H32N4O7S. The van der Waals surface area contributed by atoms with E-state index in [4.69, 9.17) is 10.9 Å². The quantitative estimate of drug-likeness (QED) is 0.0948. The zero-order chi connectivity index (χ0) is 23.7. The lowest BCUT2D eigenvalue weighted by Crippen LogP contribution is -2.36. The molecule has 3 saturated heterocycles. The highest BCUT2D eigenvalue weighted by Crippen LogP contribution is 2.33. The summed E-state index contributed by atoms with van der Waals surface area (Å²) in [7, 11) is 0. The number of unbranched alkanes of at least 4 members (excludes halogenated alkanes) is 2. The molecule has 0 aromatic carbocycles. The topological polar surface area (TPSA) is 179 Å². The highest BCUT2D eigenvalue weighted by atomic mass is 32.2. The third-order valence-electron chi connectivity index (χ3n) is 5.76. The minimum absolute atomic E-state index is 0.0905. The molecule has 180 valence electrons. The van der Waals surface area contributed by atoms with Crippen LogP contribution in [0.15, 0.2) is 0 Å². The van der Waals surface area contributed by atoms with E-state index in [1.807, 2.05) is 11.8 Å². The molecule has 3 rings (SSSR count). The number of hydroxylamine groups is 2. The number of ketones is 1. The molecule has 0 aromatic heterocycles. The summed E-state index contributed by atoms with van der Waals surface area (Å²) in [6, 6.07) is 0.307. The van der Waals surface area contributed by atoms with E-state index in [1.54, 1.807) is 0 Å². The predicted octanol–water partition coefficient (Wildman–Crippen LogP) is 0.636. The fraction of sp³-hybridized carbons (Fsp3) is 0.750. The fourth-order valence-electron chi connectivity index (χ4n) is 3.94. The van der Waals surface area contributed by atoms with Gasteiger partial charge in [0.2, 0.25) is 0 Å². The SMILES string of the molecule is NCCCCC(C(=O)O)C(=O)CCCC[C@@H]1SC[C@@H]2NC(=O)N[C@@H]21.O=C1CCC(=O)N1O. The van der Waals surface area contributed by atoms with Gasteiger partial charge >= 0.3 is 12.0 Å². The van der Waals surface area contributed by atoms with Crippen molar-refractivity contribution in [1.29, 1.82) is 0 Å². The molecule has 11 nitrogen and oxygen atoms in total. The molecule has 3 heterocycles. The van der Waals surface area contributed by atoms with Gasteiger partial charge in [-0.05, 0) is 32.2 Å². The normalized spacial score (nSPS) is 25.0. The number of nitrogens with one attached hydrogen (secondary N) is 2. The number of carbonyl (C=O) groups excluding carboxylic acids is 4. The number of nitrogens with two attached hydrogens (primary N) is 1. The number of fused-ring (bicyclic) bond motifs is 1. The van der Waals surface area contributed by atoms with Crippen LogP contribution in [0.4, 0.5) is 4.79 Å². The van der Waals surface area contributed by atoms with Gasteiger partial charge in [0.1, 0.15) is 11.7 Å². The van der Waals surface area contributed by atoms with Crippen molar-refractivity contribution in [2.24, 2.45) is 11.7 Å². The molecule has 0 aliphatic carbocycles. The summed E-state index contributed by atoms with van der Waals surface area (Å²) in [6.07, 6.45) is 4.93. The van der Waals surface area contributed by atoms with Gasteiger partial charge in [-0.2, -0.15) is 16.8 Å². The Balaban J connectivity index is 0.000000380. The highest BCUT2D eigenvalue weighted by molar-refractivity contribution is 8.00. The second-order valence-corrected chi connectivity index (χ2v) is 9.38. The number of carboxylic acid groups (broad SMARTS) is 1. The molecule has 6 N–H and O–H groups in total. The number of imide groups is 1. The van der Waals surface area contributed by atoms with Crippen molar-refractivity contribution < 1.29 is 34.3 Å². The molecule has 3 aliphatic heterocycles. The van der Waals surface area contributed by atoms with Crippen LogP contribution in [0.5, 0.6) is 0 Å². The second-order valence-electron chi connectivity index (χ2n) is 8.11. The number of nitrogens with zero attached hydrogens (tertiary/aromatic N) is 1. The number of rotatable bonds is 11. The number of hydrogen-bond acceptors (Lipinski definition) is 8. The maximum absolute atomic E-state index is 12.1. The minimum Gasteiger partial charge on any atom is -0.481 e. The smallest absolute Gasteiger partial charge is 0.315 e. The number of thioether (sulfide) groups is 1. The van der Waals surface area contributed by atoms with E-state index >= 15 is 0 Å². The summed E-state index contributed by atoms with van der Waals surface area (Å²) in [4.78, 5) is 55.2. The molecule has 12 heteroatoms. The van der Waals surface area contributed by atoms with Gasteiger partial charge in [0.25, 0.3) is 11.8 Å². The van der Waals surface area contributed by atoms with Gasteiger partial charge in [0.15, 0.2) is 0 Å². The molecule has 1 unspecified atom stereocenters. The number of carbonyl (C=O) groups is 5. The first kappa shape index (κ1) is 26.1. The third kappa shape index (κ3) is 7.45. The standard InChI is InChI=1S/C16H27N3O4S.C4H5NO3/c17-8-4-3-5-10(15(21)22)12(20)6-1-2-7-13-14-11(9-24-13)18-16(23)19-14;6-3-1-2-4(7)5(3)8/h10-11,13-14H,1-9,17H2,(H,21,22)(H2,18,19,23);8H,1-2H2/t10?,11-,13-,14-;/m0./s1. The number of carboxylic acids is 1. The summed E-state index contributed by atoms with van der Waals surface area (Å²) in [5, 5.41) is 24.0. The number of aliphatic carboxylic acids is 1. The van der Waals surface area contributed by atoms with Crippen LogP contribution < -0.4 is 16.4 Å². The lowest BCUT2D eigenvalue weighted by molar-refractivity contribution is -0.171. The largest absolute Gasteiger partial charge is 0.481 e. The van der Waals surface area contributed by atoms with E-state index in [1.165, 1.54) is 0 Å². The summed E-state index contributed by atoms with van der Waals surface area (Å²) in [6.45, 7) is 0.521. The fourth-order valence-corrected chi connectivity index (χ4v) is 5.49. The Morgan fingerprint density at radius 1 is 1.09 bits per heavy atom. The van der Waals surface area contributed by atoms with Crippen molar-refractivity contribution in [3.05, 3.63) is 0 Å². The third-order valence-corrected chi connectivity index (χ3v) is 7.27. The van der Waals surface area contributed by atoms with E-state index in [0.29, 0.717) is 37.5 Å². The summed E-state index contributed by atoms with van der Waals surface area (Å²) < 4.78 is 0. The van der Waals surface area contributed by atoms with E-state index in [-0.39, 0.29) is 41.8 Å². The second kappa shape index (κ2) is 12.8. The molecule has 0 bridgehead atoms. The molecule has 4 amide bonds. The van der Waals surface area contributed by atoms with Gasteiger partial charge < -0.3 is 21.5 Å². The molecule has 0 radical (unpaired) electrons. The Bertz CT molecular complexity index is 704. The number of urea groups is 1. The van der Waals surface area contributed by atoms with E-state index in [2.05, 4.69) is 10.6 Å². The Hall–Kier alpha value is -2.18. The maximum atomic E-state index is 12.1. The molecule has 0 spiro atoms. The lowest BCUT2D eigenvalue weighted by Gasteiger charge is -2.16. The molecule has 3 aliphatic rings. The summed E-state index contributed by atoms with van der Waals surface area (Å²) >= 11 is 1.85. The Morgan fingerprint density at radius 3 is 2.34 bits per heavy atom. The molecule has 0 aromatic rings. The molecule has 32 heavy (non-hydrogen) atoms. The van der Waals surface area contributed by atoms with E-state index in [0.717, 1.165) is 25.0 Å². The number of hydrogen-bond donors (Lipinski definition) is 5. The molecular weight excluding hydrogens is 440 g/mol. The zero-order valence-corrected chi connectivity index (χ0v) is 18.8. The first-order chi connectivity index (χ1) is 15.2. The lowest BCUT2D eigenvalue weighted by atomic mass is 9.93. The Morgan fingerprint density at radius 2 is 1.78 bits per heavy atom. The van der Waals surface area contributed by atoms with Crippen molar-refractivity contribution in [2.75, 3.05) is 12.3 Å². The van der Waals surface area contributed by atoms with Crippen LogP contribution in [-0.2, 0) is 19.2 Å². The van der Waals surface area contributed by atoms with Gasteiger partial charge in [-0.3, -0.25) is 24.4 Å². The Kier molecular flexibility index (Phi) is 10.4. The average molecular weight is 473 g/mol. The van der Waals surface area contributed by atoms with Gasteiger partial charge in [-0.1, -0.05) is 12.8 Å². The van der Waals surface area contributed by atoms with Gasteiger partial charge in [0.05, 0.1) is 12.1 Å². The van der Waals surface area contributed by atoms with Gasteiger partial charge in [0, 0.05) is 30.3 Å². The van der Waals surface area contributed by atoms with Crippen molar-refractivity contribution in [1.82, 2.24) is 15.7 Å². The van der Waals surface area contributed by atoms with Crippen LogP contribution in [0.2, 0.25) is 0 Å². The van der Waals surface area contributed by atoms with Crippen LogP contribution in [-0.4, -0.2) is 74.6 Å². The van der Waals surface area contributed by atoms with Gasteiger partial charge in [-0.25, -0.2) is 4.79 Å². The monoisotopic (exact) mass is 472 g/mol. The molecule has 3 fully saturated rings. The van der Waals surface area contributed by atoms with Gasteiger partial charge in [-0.15, -0.1) is 0 Å². The zero-order valence-electron chi connectivity index (χ0n) is 18.0. The maximum Gasteiger partial charge on any atom is 0.315 e.